The molecular formula is C18H26OS2. The average molecular weight is 323 g/mol. The lowest BCUT2D eigenvalue weighted by molar-refractivity contribution is 0.129. The second kappa shape index (κ2) is 5.40. The van der Waals surface area contributed by atoms with Crippen molar-refractivity contribution in [1.29, 1.82) is 0 Å². The molecule has 5 rings (SSSR count). The van der Waals surface area contributed by atoms with E-state index in [1.165, 1.54) is 51.4 Å². The molecule has 5 aliphatic rings. The molecule has 4 heterocycles. The second-order valence-corrected chi connectivity index (χ2v) is 10.7. The van der Waals surface area contributed by atoms with Crippen LogP contribution in [-0.4, -0.2) is 27.6 Å². The third-order valence-corrected chi connectivity index (χ3v) is 10.3. The van der Waals surface area contributed by atoms with Crippen LogP contribution >= 0.6 is 23.5 Å². The van der Waals surface area contributed by atoms with Crippen molar-refractivity contribution in [2.75, 3.05) is 6.61 Å². The fourth-order valence-corrected chi connectivity index (χ4v) is 10.3. The van der Waals surface area contributed by atoms with Crippen LogP contribution in [-0.2, 0) is 4.74 Å². The molecule has 3 heteroatoms. The van der Waals surface area contributed by atoms with Gasteiger partial charge in [-0.25, -0.2) is 0 Å². The number of hydrogen-bond acceptors (Lipinski definition) is 3. The standard InChI is InChI=1S/C18H26OS2/c1-2-4-11(5-3-1)9-19-10-12-8-15-16-13-6-7-14(20-13)17(16)18(12)21-15/h9,12-18H,1-8,10H2. The van der Waals surface area contributed by atoms with Crippen molar-refractivity contribution in [3.05, 3.63) is 11.8 Å². The SMILES string of the molecule is C(OCC1CC2SC1C1C3CCC(S3)C21)=C1CCCCC1. The van der Waals surface area contributed by atoms with Crippen molar-refractivity contribution in [2.45, 2.75) is 72.4 Å². The predicted octanol–water partition coefficient (Wildman–Crippen LogP) is 4.87. The van der Waals surface area contributed by atoms with Gasteiger partial charge in [0.1, 0.15) is 0 Å². The molecule has 5 fully saturated rings. The zero-order valence-corrected chi connectivity index (χ0v) is 14.3. The van der Waals surface area contributed by atoms with Crippen molar-refractivity contribution in [3.63, 3.8) is 0 Å². The molecule has 21 heavy (non-hydrogen) atoms. The minimum atomic E-state index is 0.849. The molecule has 7 unspecified atom stereocenters. The normalized spacial score (nSPS) is 50.5. The molecule has 1 saturated carbocycles. The highest BCUT2D eigenvalue weighted by atomic mass is 32.2. The summed E-state index contributed by atoms with van der Waals surface area (Å²) < 4.78 is 6.06. The lowest BCUT2D eigenvalue weighted by atomic mass is 9.68. The molecule has 4 saturated heterocycles. The molecule has 0 aromatic carbocycles. The Balaban J connectivity index is 1.21. The number of hydrogen-bond donors (Lipinski definition) is 0. The molecule has 1 nitrogen and oxygen atoms in total. The molecule has 0 spiro atoms. The van der Waals surface area contributed by atoms with E-state index in [0.717, 1.165) is 45.4 Å². The fraction of sp³-hybridized carbons (Fsp3) is 0.889. The summed E-state index contributed by atoms with van der Waals surface area (Å²) in [5.74, 6) is 2.98. The highest BCUT2D eigenvalue weighted by Crippen LogP contribution is 2.68. The van der Waals surface area contributed by atoms with Gasteiger partial charge in [-0.1, -0.05) is 6.42 Å². The van der Waals surface area contributed by atoms with Crippen LogP contribution in [0.15, 0.2) is 11.8 Å². The molecule has 7 atom stereocenters. The number of ether oxygens (including phenoxy) is 1. The summed E-state index contributed by atoms with van der Waals surface area (Å²) in [6.45, 7) is 1.00. The highest BCUT2D eigenvalue weighted by molar-refractivity contribution is 8.03. The molecule has 0 aromatic heterocycles. The van der Waals surface area contributed by atoms with E-state index in [4.69, 9.17) is 4.74 Å². The molecule has 0 N–H and O–H groups in total. The summed E-state index contributed by atoms with van der Waals surface area (Å²) in [7, 11) is 0. The third kappa shape index (κ3) is 2.21. The van der Waals surface area contributed by atoms with E-state index in [1.807, 2.05) is 0 Å². The first-order valence-corrected chi connectivity index (χ1v) is 10.9. The van der Waals surface area contributed by atoms with Crippen LogP contribution in [0.4, 0.5) is 0 Å². The number of fused-ring (bicyclic) bond motifs is 9. The van der Waals surface area contributed by atoms with Crippen molar-refractivity contribution >= 4 is 23.5 Å². The van der Waals surface area contributed by atoms with E-state index >= 15 is 0 Å². The molecule has 1 aliphatic carbocycles. The van der Waals surface area contributed by atoms with Crippen molar-refractivity contribution in [3.8, 4) is 0 Å². The maximum Gasteiger partial charge on any atom is 0.0912 e. The van der Waals surface area contributed by atoms with Gasteiger partial charge in [-0.15, -0.1) is 0 Å². The van der Waals surface area contributed by atoms with E-state index in [0.29, 0.717) is 0 Å². The molecule has 116 valence electrons. The van der Waals surface area contributed by atoms with E-state index < -0.39 is 0 Å². The first-order chi connectivity index (χ1) is 10.4. The third-order valence-electron chi connectivity index (χ3n) is 6.58. The molecule has 0 amide bonds. The maximum absolute atomic E-state index is 6.06. The summed E-state index contributed by atoms with van der Waals surface area (Å²) in [4.78, 5) is 0. The highest BCUT2D eigenvalue weighted by Gasteiger charge is 2.63. The summed E-state index contributed by atoms with van der Waals surface area (Å²) in [5.41, 5.74) is 1.57. The summed E-state index contributed by atoms with van der Waals surface area (Å²) in [6, 6.07) is 0. The first-order valence-electron chi connectivity index (χ1n) is 9.00. The quantitative estimate of drug-likeness (QED) is 0.686. The van der Waals surface area contributed by atoms with Gasteiger partial charge in [-0.3, -0.25) is 0 Å². The minimum Gasteiger partial charge on any atom is -0.501 e. The fourth-order valence-electron chi connectivity index (χ4n) is 5.70. The Morgan fingerprint density at radius 3 is 2.62 bits per heavy atom. The van der Waals surface area contributed by atoms with Gasteiger partial charge in [0, 0.05) is 26.9 Å². The van der Waals surface area contributed by atoms with Crippen LogP contribution in [0, 0.1) is 17.8 Å². The van der Waals surface area contributed by atoms with E-state index in [1.54, 1.807) is 5.57 Å². The van der Waals surface area contributed by atoms with Gasteiger partial charge in [-0.05, 0) is 62.4 Å². The second-order valence-electron chi connectivity index (χ2n) is 7.75. The Bertz CT molecular complexity index is 440. The molecule has 0 aromatic rings. The first kappa shape index (κ1) is 13.7. The largest absolute Gasteiger partial charge is 0.501 e. The topological polar surface area (TPSA) is 9.23 Å². The van der Waals surface area contributed by atoms with Gasteiger partial charge < -0.3 is 4.74 Å². The summed E-state index contributed by atoms with van der Waals surface area (Å²) >= 11 is 4.70. The molecule has 4 aliphatic heterocycles. The van der Waals surface area contributed by atoms with E-state index in [-0.39, 0.29) is 0 Å². The minimum absolute atomic E-state index is 0.849. The van der Waals surface area contributed by atoms with Crippen molar-refractivity contribution in [2.24, 2.45) is 17.8 Å². The lowest BCUT2D eigenvalue weighted by Crippen LogP contribution is -2.41. The average Bonchev–Trinajstić information content (AvgIpc) is 3.27. The Morgan fingerprint density at radius 1 is 0.952 bits per heavy atom. The zero-order valence-electron chi connectivity index (χ0n) is 12.7. The van der Waals surface area contributed by atoms with Crippen molar-refractivity contribution < 1.29 is 4.74 Å². The van der Waals surface area contributed by atoms with Crippen LogP contribution in [0.2, 0.25) is 0 Å². The molecule has 4 bridgehead atoms. The van der Waals surface area contributed by atoms with Gasteiger partial charge in [0.05, 0.1) is 12.9 Å². The number of allylic oxidation sites excluding steroid dienone is 1. The monoisotopic (exact) mass is 322 g/mol. The van der Waals surface area contributed by atoms with Crippen LogP contribution in [0.5, 0.6) is 0 Å². The predicted molar refractivity (Wildman–Crippen MR) is 91.8 cm³/mol. The number of thioether (sulfide) groups is 2. The van der Waals surface area contributed by atoms with Crippen LogP contribution in [0.1, 0.15) is 51.4 Å². The van der Waals surface area contributed by atoms with Crippen molar-refractivity contribution in [1.82, 2.24) is 0 Å². The smallest absolute Gasteiger partial charge is 0.0912 e. The summed E-state index contributed by atoms with van der Waals surface area (Å²) in [6.07, 6.45) is 13.4. The van der Waals surface area contributed by atoms with Gasteiger partial charge in [0.15, 0.2) is 0 Å². The molecular weight excluding hydrogens is 296 g/mol. The molecule has 0 radical (unpaired) electrons. The van der Waals surface area contributed by atoms with E-state index in [9.17, 15) is 0 Å². The Kier molecular flexibility index (Phi) is 3.51. The Morgan fingerprint density at radius 2 is 1.76 bits per heavy atom. The van der Waals surface area contributed by atoms with Crippen LogP contribution in [0.25, 0.3) is 0 Å². The number of rotatable bonds is 3. The maximum atomic E-state index is 6.06. The van der Waals surface area contributed by atoms with Gasteiger partial charge >= 0.3 is 0 Å². The van der Waals surface area contributed by atoms with Gasteiger partial charge in [0.25, 0.3) is 0 Å². The zero-order chi connectivity index (χ0) is 13.8. The van der Waals surface area contributed by atoms with Crippen LogP contribution in [0.3, 0.4) is 0 Å². The van der Waals surface area contributed by atoms with Gasteiger partial charge in [-0.2, -0.15) is 23.5 Å². The van der Waals surface area contributed by atoms with Crippen LogP contribution < -0.4 is 0 Å². The lowest BCUT2D eigenvalue weighted by Gasteiger charge is -2.36. The van der Waals surface area contributed by atoms with E-state index in [2.05, 4.69) is 29.8 Å². The Labute approximate surface area is 137 Å². The Hall–Kier alpha value is 0.240. The van der Waals surface area contributed by atoms with Gasteiger partial charge in [0.2, 0.25) is 0 Å². The summed E-state index contributed by atoms with van der Waals surface area (Å²) in [5, 5.41) is 3.97.